The standard InChI is InChI=1S/C44H36N4O8.Zn/c49-37-13-1-2-14(38(37)50)30-22-10-24-32-16-5-6-18(42(54)40(16)52)34(32)26(47-24)12-28-36-20-8-7-19(43(55)44(20)56)35(36)27(48-28)11-25-33-17-4-3-15(39(51)41(17)53)31(33)23(46-25)9-21(45-22)29(13)30;/h1-20,37-44,49-56H;/q-2;+2. The number of hydrogen-bond donors (Lipinski definition) is 8. The zero-order valence-electron chi connectivity index (χ0n) is 30.2. The number of rotatable bonds is 0. The molecule has 17 rings (SSSR count). The second kappa shape index (κ2) is 11.5. The molecule has 0 amide bonds. The topological polar surface area (TPSA) is 216 Å². The van der Waals surface area contributed by atoms with Crippen molar-refractivity contribution >= 4 is 44.4 Å². The Morgan fingerprint density at radius 1 is 0.316 bits per heavy atom. The number of aromatic nitrogens is 4. The van der Waals surface area contributed by atoms with E-state index in [1.165, 1.54) is 0 Å². The molecule has 2 aliphatic heterocycles. The molecule has 0 fully saturated rings. The van der Waals surface area contributed by atoms with Crippen LogP contribution in [-0.4, -0.2) is 99.7 Å². The van der Waals surface area contributed by atoms with E-state index < -0.39 is 96.2 Å². The Morgan fingerprint density at radius 3 is 0.737 bits per heavy atom. The van der Waals surface area contributed by atoms with Crippen molar-refractivity contribution in [1.82, 2.24) is 19.9 Å². The van der Waals surface area contributed by atoms with Gasteiger partial charge in [0.2, 0.25) is 0 Å². The van der Waals surface area contributed by atoms with E-state index in [0.29, 0.717) is 44.8 Å². The third-order valence-corrected chi connectivity index (χ3v) is 14.5. The van der Waals surface area contributed by atoms with Crippen molar-refractivity contribution in [2.75, 3.05) is 0 Å². The van der Waals surface area contributed by atoms with Crippen molar-refractivity contribution < 1.29 is 60.3 Å². The molecule has 0 saturated heterocycles. The van der Waals surface area contributed by atoms with E-state index in [2.05, 4.69) is 0 Å². The Balaban J connectivity index is 0.00000356. The van der Waals surface area contributed by atoms with E-state index in [9.17, 15) is 40.9 Å². The van der Waals surface area contributed by atoms with E-state index in [0.717, 1.165) is 44.5 Å². The molecule has 0 spiro atoms. The Morgan fingerprint density at radius 2 is 0.509 bits per heavy atom. The molecule has 14 aliphatic rings. The van der Waals surface area contributed by atoms with Gasteiger partial charge in [-0.05, 0) is 22.3 Å². The van der Waals surface area contributed by atoms with Crippen molar-refractivity contribution in [3.05, 3.63) is 118 Å². The van der Waals surface area contributed by atoms with Crippen LogP contribution in [0, 0.1) is 23.7 Å². The summed E-state index contributed by atoms with van der Waals surface area (Å²) in [6, 6.07) is 7.51. The summed E-state index contributed by atoms with van der Waals surface area (Å²) in [5.41, 5.74) is 10.7. The van der Waals surface area contributed by atoms with Crippen molar-refractivity contribution in [2.45, 2.75) is 72.5 Å². The monoisotopic (exact) mass is 812 g/mol. The van der Waals surface area contributed by atoms with Gasteiger partial charge < -0.3 is 50.8 Å². The van der Waals surface area contributed by atoms with E-state index in [1.54, 1.807) is 0 Å². The first kappa shape index (κ1) is 34.9. The number of fused-ring (bicyclic) bond motifs is 12. The van der Waals surface area contributed by atoms with Gasteiger partial charge in [0.25, 0.3) is 0 Å². The second-order valence-corrected chi connectivity index (χ2v) is 17.1. The van der Waals surface area contributed by atoms with Crippen LogP contribution in [0.1, 0.15) is 68.7 Å². The fourth-order valence-corrected chi connectivity index (χ4v) is 12.0. The van der Waals surface area contributed by atoms with Gasteiger partial charge >= 0.3 is 19.5 Å². The normalized spacial score (nSPS) is 40.4. The van der Waals surface area contributed by atoms with Gasteiger partial charge in [0.1, 0.15) is 0 Å². The minimum atomic E-state index is -1.05. The molecule has 57 heavy (non-hydrogen) atoms. The number of hydrogen-bond acceptors (Lipinski definition) is 10. The second-order valence-electron chi connectivity index (χ2n) is 17.1. The first-order valence-electron chi connectivity index (χ1n) is 19.5. The summed E-state index contributed by atoms with van der Waals surface area (Å²) in [6.45, 7) is 0. The van der Waals surface area contributed by atoms with Crippen LogP contribution >= 0.6 is 0 Å². The molecule has 16 unspecified atom stereocenters. The van der Waals surface area contributed by atoms with E-state index in [4.69, 9.17) is 19.9 Å². The maximum atomic E-state index is 11.3. The van der Waals surface area contributed by atoms with Crippen LogP contribution in [0.25, 0.3) is 44.4 Å². The molecule has 282 valence electrons. The molecule has 16 atom stereocenters. The van der Waals surface area contributed by atoms with E-state index in [-0.39, 0.29) is 19.5 Å². The van der Waals surface area contributed by atoms with Gasteiger partial charge in [0.05, 0.1) is 71.6 Å². The van der Waals surface area contributed by atoms with Crippen LogP contribution in [0.4, 0.5) is 0 Å². The van der Waals surface area contributed by atoms with E-state index >= 15 is 0 Å². The molecular weight excluding hydrogens is 778 g/mol. The molecule has 5 heterocycles. The number of aliphatic hydroxyl groups excluding tert-OH is 8. The van der Waals surface area contributed by atoms with Gasteiger partial charge in [-0.1, -0.05) is 95.1 Å². The van der Waals surface area contributed by atoms with Crippen LogP contribution in [0.15, 0.2) is 72.9 Å². The van der Waals surface area contributed by atoms with E-state index in [1.807, 2.05) is 72.9 Å². The smallest absolute Gasteiger partial charge is 0.657 e. The summed E-state index contributed by atoms with van der Waals surface area (Å²) >= 11 is 0. The zero-order chi connectivity index (χ0) is 37.8. The first-order valence-corrected chi connectivity index (χ1v) is 19.5. The van der Waals surface area contributed by atoms with Crippen molar-refractivity contribution in [2.24, 2.45) is 23.7 Å². The molecular formula is C44H36N4O8Zn. The molecule has 16 bridgehead atoms. The van der Waals surface area contributed by atoms with Crippen LogP contribution in [-0.2, 0) is 19.5 Å². The third-order valence-electron chi connectivity index (χ3n) is 14.5. The minimum Gasteiger partial charge on any atom is -0.657 e. The quantitative estimate of drug-likeness (QED) is 0.120. The number of nitrogens with zero attached hydrogens (tertiary/aromatic N) is 4. The van der Waals surface area contributed by atoms with Gasteiger partial charge in [0.15, 0.2) is 0 Å². The summed E-state index contributed by atoms with van der Waals surface area (Å²) in [4.78, 5) is 20.8. The van der Waals surface area contributed by atoms with Gasteiger partial charge in [-0.15, -0.1) is 22.1 Å². The summed E-state index contributed by atoms with van der Waals surface area (Å²) in [5, 5.41) is 90.4. The van der Waals surface area contributed by atoms with Gasteiger partial charge in [-0.3, -0.25) is 0 Å². The molecule has 0 aromatic carbocycles. The Bertz CT molecular complexity index is 2390. The van der Waals surface area contributed by atoms with Crippen molar-refractivity contribution in [3.8, 4) is 0 Å². The largest absolute Gasteiger partial charge is 2.00 e. The van der Waals surface area contributed by atoms with Crippen molar-refractivity contribution in [1.29, 1.82) is 0 Å². The number of aliphatic hydroxyl groups is 8. The predicted molar refractivity (Wildman–Crippen MR) is 202 cm³/mol. The molecule has 12 nitrogen and oxygen atoms in total. The molecule has 0 saturated carbocycles. The van der Waals surface area contributed by atoms with Crippen LogP contribution < -0.4 is 9.97 Å². The maximum absolute atomic E-state index is 11.3. The Labute approximate surface area is 337 Å². The van der Waals surface area contributed by atoms with Crippen molar-refractivity contribution in [3.63, 3.8) is 0 Å². The first-order chi connectivity index (χ1) is 27.1. The fraction of sp³-hybridized carbons (Fsp3) is 0.364. The SMILES string of the molecule is OC1C2C=CC(C3=C2c2cc4[n-]c(cc5nc(cc6[n-]c(cc3n2)c2c6C3C=CC2C(O)C3O)C2=C5C3C=CC2C(O)C3O)c2c4C3C=CC2C(O)C3O)C1O.[Zn+2]. The maximum Gasteiger partial charge on any atom is 2.00 e. The molecule has 3 aromatic heterocycles. The summed E-state index contributed by atoms with van der Waals surface area (Å²) in [5.74, 6) is -4.35. The van der Waals surface area contributed by atoms with Crippen LogP contribution in [0.5, 0.6) is 0 Å². The summed E-state index contributed by atoms with van der Waals surface area (Å²) in [6.07, 6.45) is 6.91. The fourth-order valence-electron chi connectivity index (χ4n) is 12.0. The third kappa shape index (κ3) is 4.17. The molecule has 8 N–H and O–H groups in total. The Hall–Kier alpha value is -4.14. The molecule has 12 aliphatic carbocycles. The Kier molecular flexibility index (Phi) is 7.05. The minimum absolute atomic E-state index is 0. The van der Waals surface area contributed by atoms with Gasteiger partial charge in [-0.2, -0.15) is 0 Å². The summed E-state index contributed by atoms with van der Waals surface area (Å²) < 4.78 is 0. The van der Waals surface area contributed by atoms with Crippen LogP contribution in [0.3, 0.4) is 0 Å². The average Bonchev–Trinajstić information content (AvgIpc) is 3.96. The summed E-state index contributed by atoms with van der Waals surface area (Å²) in [7, 11) is 0. The molecule has 13 heteroatoms. The predicted octanol–water partition coefficient (Wildman–Crippen LogP) is 1.41. The van der Waals surface area contributed by atoms with Crippen LogP contribution in [0.2, 0.25) is 0 Å². The molecule has 0 radical (unpaired) electrons. The zero-order valence-corrected chi connectivity index (χ0v) is 33.2. The van der Waals surface area contributed by atoms with Gasteiger partial charge in [0, 0.05) is 47.3 Å². The van der Waals surface area contributed by atoms with Gasteiger partial charge in [-0.25, -0.2) is 9.97 Å². The average molecular weight is 814 g/mol. The molecule has 3 aromatic rings.